The van der Waals surface area contributed by atoms with E-state index in [-0.39, 0.29) is 34.8 Å². The van der Waals surface area contributed by atoms with Gasteiger partial charge < -0.3 is 19.7 Å². The third-order valence-electron chi connectivity index (χ3n) is 8.74. The van der Waals surface area contributed by atoms with Gasteiger partial charge in [-0.3, -0.25) is 9.69 Å². The molecule has 2 aromatic carbocycles. The van der Waals surface area contributed by atoms with E-state index in [9.17, 15) is 9.18 Å². The Hall–Kier alpha value is -2.19. The first-order valence-electron chi connectivity index (χ1n) is 13.9. The van der Waals surface area contributed by atoms with Crippen LogP contribution in [0.5, 0.6) is 5.75 Å². The third-order valence-corrected chi connectivity index (χ3v) is 8.99. The van der Waals surface area contributed by atoms with E-state index in [0.717, 1.165) is 56.7 Å². The lowest BCUT2D eigenvalue weighted by molar-refractivity contribution is -0.139. The van der Waals surface area contributed by atoms with Gasteiger partial charge in [-0.25, -0.2) is 4.39 Å². The SMILES string of the molecule is COc1ccc(CNCC2(N3CCN(C(=O)C4COC[C@H]4c4ccc(Cl)cc4)CC3)CCCCC2)cc1F. The van der Waals surface area contributed by atoms with Crippen LogP contribution < -0.4 is 10.1 Å². The topological polar surface area (TPSA) is 54.0 Å². The van der Waals surface area contributed by atoms with Crippen molar-refractivity contribution in [3.63, 3.8) is 0 Å². The molecule has 1 saturated carbocycles. The number of nitrogens with zero attached hydrogens (tertiary/aromatic N) is 2. The van der Waals surface area contributed by atoms with Crippen molar-refractivity contribution >= 4 is 17.5 Å². The Morgan fingerprint density at radius 1 is 1.08 bits per heavy atom. The predicted molar refractivity (Wildman–Crippen MR) is 147 cm³/mol. The second-order valence-electron chi connectivity index (χ2n) is 11.0. The number of carbonyl (C=O) groups is 1. The number of nitrogens with one attached hydrogen (secondary N) is 1. The molecular weight excluding hydrogens is 505 g/mol. The van der Waals surface area contributed by atoms with Crippen molar-refractivity contribution in [2.45, 2.75) is 50.1 Å². The lowest BCUT2D eigenvalue weighted by Crippen LogP contribution is -2.62. The fraction of sp³-hybridized carbons (Fsp3) is 0.567. The molecular formula is C30H39ClFN3O3. The number of amides is 1. The number of hydrogen-bond donors (Lipinski definition) is 1. The van der Waals surface area contributed by atoms with Crippen LogP contribution in [0.15, 0.2) is 42.5 Å². The molecule has 2 atom stereocenters. The Labute approximate surface area is 230 Å². The summed E-state index contributed by atoms with van der Waals surface area (Å²) in [5.74, 6) is 0.0892. The van der Waals surface area contributed by atoms with Crippen molar-refractivity contribution in [1.29, 1.82) is 0 Å². The molecule has 1 unspecified atom stereocenters. The number of carbonyl (C=O) groups excluding carboxylic acids is 1. The molecule has 206 valence electrons. The number of rotatable bonds is 8. The molecule has 0 spiro atoms. The number of hydrogen-bond acceptors (Lipinski definition) is 5. The van der Waals surface area contributed by atoms with Crippen molar-refractivity contribution in [2.24, 2.45) is 5.92 Å². The van der Waals surface area contributed by atoms with Gasteiger partial charge in [0.1, 0.15) is 0 Å². The van der Waals surface area contributed by atoms with Crippen molar-refractivity contribution in [2.75, 3.05) is 53.0 Å². The number of halogens is 2. The van der Waals surface area contributed by atoms with Gasteiger partial charge >= 0.3 is 0 Å². The van der Waals surface area contributed by atoms with Crippen LogP contribution in [0.3, 0.4) is 0 Å². The quantitative estimate of drug-likeness (QED) is 0.515. The highest BCUT2D eigenvalue weighted by Crippen LogP contribution is 2.36. The predicted octanol–water partition coefficient (Wildman–Crippen LogP) is 4.85. The number of benzene rings is 2. The molecule has 6 nitrogen and oxygen atoms in total. The molecule has 2 aliphatic heterocycles. The summed E-state index contributed by atoms with van der Waals surface area (Å²) in [6.45, 7) is 5.78. The summed E-state index contributed by atoms with van der Waals surface area (Å²) < 4.78 is 25.0. The first kappa shape index (κ1) is 27.4. The highest BCUT2D eigenvalue weighted by atomic mass is 35.5. The molecule has 2 heterocycles. The Bertz CT molecular complexity index is 1080. The molecule has 5 rings (SSSR count). The lowest BCUT2D eigenvalue weighted by Gasteiger charge is -2.50. The zero-order chi connectivity index (χ0) is 26.5. The minimum Gasteiger partial charge on any atom is -0.494 e. The van der Waals surface area contributed by atoms with Crippen LogP contribution in [0.25, 0.3) is 0 Å². The van der Waals surface area contributed by atoms with Gasteiger partial charge in [-0.15, -0.1) is 0 Å². The summed E-state index contributed by atoms with van der Waals surface area (Å²) in [4.78, 5) is 18.2. The monoisotopic (exact) mass is 543 g/mol. The van der Waals surface area contributed by atoms with Crippen LogP contribution in [-0.4, -0.2) is 74.3 Å². The molecule has 38 heavy (non-hydrogen) atoms. The second-order valence-corrected chi connectivity index (χ2v) is 11.4. The summed E-state index contributed by atoms with van der Waals surface area (Å²) in [6, 6.07) is 13.0. The van der Waals surface area contributed by atoms with E-state index >= 15 is 0 Å². The van der Waals surface area contributed by atoms with Gasteiger partial charge in [0.25, 0.3) is 0 Å². The molecule has 1 aliphatic carbocycles. The molecule has 1 N–H and O–H groups in total. The van der Waals surface area contributed by atoms with Gasteiger partial charge in [0.05, 0.1) is 26.2 Å². The van der Waals surface area contributed by atoms with Crippen LogP contribution in [-0.2, 0) is 16.1 Å². The van der Waals surface area contributed by atoms with Crippen molar-refractivity contribution in [3.05, 3.63) is 64.4 Å². The van der Waals surface area contributed by atoms with Gasteiger partial charge in [0, 0.05) is 55.7 Å². The van der Waals surface area contributed by atoms with E-state index in [1.54, 1.807) is 12.1 Å². The molecule has 3 aliphatic rings. The van der Waals surface area contributed by atoms with Gasteiger partial charge in [0.15, 0.2) is 11.6 Å². The maximum absolute atomic E-state index is 14.1. The van der Waals surface area contributed by atoms with Crippen molar-refractivity contribution in [1.82, 2.24) is 15.1 Å². The van der Waals surface area contributed by atoms with Crippen LogP contribution in [0.1, 0.15) is 49.1 Å². The smallest absolute Gasteiger partial charge is 0.228 e. The minimum absolute atomic E-state index is 0.0782. The molecule has 2 aromatic rings. The second kappa shape index (κ2) is 12.3. The lowest BCUT2D eigenvalue weighted by atomic mass is 9.79. The molecule has 2 saturated heterocycles. The van der Waals surface area contributed by atoms with E-state index in [0.29, 0.717) is 24.8 Å². The largest absolute Gasteiger partial charge is 0.494 e. The molecule has 0 radical (unpaired) electrons. The summed E-state index contributed by atoms with van der Waals surface area (Å²) in [6.07, 6.45) is 6.03. The highest BCUT2D eigenvalue weighted by molar-refractivity contribution is 6.30. The van der Waals surface area contributed by atoms with Crippen LogP contribution in [0, 0.1) is 11.7 Å². The van der Waals surface area contributed by atoms with Crippen LogP contribution in [0.2, 0.25) is 5.02 Å². The van der Waals surface area contributed by atoms with Crippen molar-refractivity contribution in [3.8, 4) is 5.75 Å². The first-order valence-corrected chi connectivity index (χ1v) is 14.3. The van der Waals surface area contributed by atoms with Gasteiger partial charge in [-0.1, -0.05) is 49.1 Å². The average molecular weight is 544 g/mol. The summed E-state index contributed by atoms with van der Waals surface area (Å²) >= 11 is 6.07. The minimum atomic E-state index is -0.328. The first-order chi connectivity index (χ1) is 18.5. The van der Waals surface area contributed by atoms with E-state index in [2.05, 4.69) is 10.2 Å². The standard InChI is InChI=1S/C30H39ClFN3O3/c1-37-28-10-5-22(17-27(28)32)18-33-21-30(11-3-2-4-12-30)35-15-13-34(14-16-35)29(36)26-20-38-19-25(26)23-6-8-24(31)9-7-23/h5-10,17,25-26,33H,2-4,11-16,18-21H2,1H3/t25-,26?/m0/s1. The van der Waals surface area contributed by atoms with Gasteiger partial charge in [-0.05, 0) is 48.2 Å². The summed E-state index contributed by atoms with van der Waals surface area (Å²) in [7, 11) is 1.48. The van der Waals surface area contributed by atoms with Gasteiger partial charge in [-0.2, -0.15) is 0 Å². The van der Waals surface area contributed by atoms with E-state index in [1.165, 1.54) is 26.4 Å². The average Bonchev–Trinajstić information content (AvgIpc) is 3.44. The van der Waals surface area contributed by atoms with Crippen molar-refractivity contribution < 1.29 is 18.7 Å². The normalized spacial score (nSPS) is 23.9. The summed E-state index contributed by atoms with van der Waals surface area (Å²) in [5, 5.41) is 4.33. The molecule has 1 amide bonds. The van der Waals surface area contributed by atoms with Crippen LogP contribution >= 0.6 is 11.6 Å². The molecule has 8 heteroatoms. The van der Waals surface area contributed by atoms with E-state index in [4.69, 9.17) is 21.1 Å². The summed E-state index contributed by atoms with van der Waals surface area (Å²) in [5.41, 5.74) is 2.12. The maximum Gasteiger partial charge on any atom is 0.228 e. The molecule has 0 bridgehead atoms. The zero-order valence-electron chi connectivity index (χ0n) is 22.3. The highest BCUT2D eigenvalue weighted by Gasteiger charge is 2.42. The van der Waals surface area contributed by atoms with E-state index in [1.807, 2.05) is 35.2 Å². The third kappa shape index (κ3) is 6.01. The Morgan fingerprint density at radius 3 is 2.50 bits per heavy atom. The molecule has 0 aromatic heterocycles. The number of ether oxygens (including phenoxy) is 2. The molecule has 3 fully saturated rings. The fourth-order valence-electron chi connectivity index (χ4n) is 6.55. The fourth-order valence-corrected chi connectivity index (χ4v) is 6.67. The Balaban J connectivity index is 1.18. The van der Waals surface area contributed by atoms with Gasteiger partial charge in [0.2, 0.25) is 5.91 Å². The maximum atomic E-state index is 14.1. The Kier molecular flexibility index (Phi) is 8.88. The zero-order valence-corrected chi connectivity index (χ0v) is 23.0. The Morgan fingerprint density at radius 2 is 1.82 bits per heavy atom. The number of methoxy groups -OCH3 is 1. The van der Waals surface area contributed by atoms with Crippen LogP contribution in [0.4, 0.5) is 4.39 Å². The van der Waals surface area contributed by atoms with E-state index < -0.39 is 0 Å². The number of piperazine rings is 1.